The summed E-state index contributed by atoms with van der Waals surface area (Å²) in [6.45, 7) is 2.51. The predicted octanol–water partition coefficient (Wildman–Crippen LogP) is 3.89. The number of unbranched alkanes of at least 4 members (excludes halogenated alkanes) is 2. The average Bonchev–Trinajstić information content (AvgIpc) is 2.70. The van der Waals surface area contributed by atoms with Crippen LogP contribution < -0.4 is 10.9 Å². The fourth-order valence-corrected chi connectivity index (χ4v) is 3.47. The molecule has 2 heterocycles. The van der Waals surface area contributed by atoms with E-state index in [1.54, 1.807) is 23.0 Å². The first-order valence-electron chi connectivity index (χ1n) is 9.47. The monoisotopic (exact) mass is 396 g/mol. The third-order valence-corrected chi connectivity index (χ3v) is 5.08. The van der Waals surface area contributed by atoms with Crippen LogP contribution in [-0.2, 0) is 11.3 Å². The quantitative estimate of drug-likeness (QED) is 0.447. The lowest BCUT2D eigenvalue weighted by Gasteiger charge is -2.14. The molecule has 0 fully saturated rings. The Morgan fingerprint density at radius 3 is 2.71 bits per heavy atom. The lowest BCUT2D eigenvalue weighted by Crippen LogP contribution is -2.26. The average molecular weight is 397 g/mol. The van der Waals surface area contributed by atoms with Crippen molar-refractivity contribution in [2.75, 3.05) is 0 Å². The number of pyridine rings is 1. The number of amides is 1. The number of nitrogens with zero attached hydrogens (tertiary/aromatic N) is 2. The highest BCUT2D eigenvalue weighted by molar-refractivity contribution is 7.71. The second-order valence-electron chi connectivity index (χ2n) is 6.81. The Balaban J connectivity index is 1.46. The fourth-order valence-electron chi connectivity index (χ4n) is 3.18. The maximum Gasteiger partial charge on any atom is 0.262 e. The van der Waals surface area contributed by atoms with Gasteiger partial charge in [-0.05, 0) is 61.8 Å². The standard InChI is InChI=1S/C21H24N4O2S/c1-15(16-10-12-22-13-11-16)23-19(26)9-3-2-6-14-25-20(27)17-7-4-5-8-18(17)24-21(25)28/h4-5,7-8,10-13,15H,2-3,6,9,14H2,1H3,(H,23,26)(H,24,28). The van der Waals surface area contributed by atoms with Crippen molar-refractivity contribution in [3.05, 3.63) is 69.5 Å². The molecule has 3 aromatic rings. The van der Waals surface area contributed by atoms with Crippen molar-refractivity contribution in [3.8, 4) is 0 Å². The lowest BCUT2D eigenvalue weighted by atomic mass is 10.1. The van der Waals surface area contributed by atoms with Gasteiger partial charge in [0.2, 0.25) is 5.91 Å². The van der Waals surface area contributed by atoms with Crippen LogP contribution in [0.25, 0.3) is 10.9 Å². The van der Waals surface area contributed by atoms with Gasteiger partial charge in [0, 0.05) is 25.4 Å². The molecule has 7 heteroatoms. The third kappa shape index (κ3) is 4.92. The molecule has 0 saturated heterocycles. The van der Waals surface area contributed by atoms with Crippen LogP contribution in [0.2, 0.25) is 0 Å². The summed E-state index contributed by atoms with van der Waals surface area (Å²) in [5, 5.41) is 3.64. The molecule has 146 valence electrons. The lowest BCUT2D eigenvalue weighted by molar-refractivity contribution is -0.121. The third-order valence-electron chi connectivity index (χ3n) is 4.76. The van der Waals surface area contributed by atoms with Gasteiger partial charge in [-0.3, -0.25) is 19.1 Å². The summed E-state index contributed by atoms with van der Waals surface area (Å²) in [5.41, 5.74) is 1.73. The number of aromatic amines is 1. The van der Waals surface area contributed by atoms with E-state index < -0.39 is 0 Å². The van der Waals surface area contributed by atoms with Crippen LogP contribution in [-0.4, -0.2) is 20.4 Å². The summed E-state index contributed by atoms with van der Waals surface area (Å²) < 4.78 is 2.04. The molecule has 0 aliphatic carbocycles. The number of para-hydroxylation sites is 1. The zero-order valence-electron chi connectivity index (χ0n) is 15.9. The summed E-state index contributed by atoms with van der Waals surface area (Å²) in [6, 6.07) is 11.1. The molecule has 1 aromatic carbocycles. The maximum absolute atomic E-state index is 12.6. The van der Waals surface area contributed by atoms with E-state index in [-0.39, 0.29) is 17.5 Å². The Hall–Kier alpha value is -2.80. The van der Waals surface area contributed by atoms with E-state index >= 15 is 0 Å². The van der Waals surface area contributed by atoms with Crippen LogP contribution in [0.1, 0.15) is 44.2 Å². The number of carbonyl (C=O) groups is 1. The summed E-state index contributed by atoms with van der Waals surface area (Å²) in [5.74, 6) is 0.0319. The van der Waals surface area contributed by atoms with Crippen LogP contribution in [0, 0.1) is 4.77 Å². The smallest absolute Gasteiger partial charge is 0.262 e. The molecule has 28 heavy (non-hydrogen) atoms. The number of benzene rings is 1. The minimum atomic E-state index is -0.0664. The number of rotatable bonds is 8. The Morgan fingerprint density at radius 2 is 1.93 bits per heavy atom. The van der Waals surface area contributed by atoms with Gasteiger partial charge in [0.15, 0.2) is 4.77 Å². The number of carbonyl (C=O) groups excluding carboxylic acids is 1. The summed E-state index contributed by atoms with van der Waals surface area (Å²) in [6.07, 6.45) is 6.33. The number of hydrogen-bond donors (Lipinski definition) is 2. The first kappa shape index (κ1) is 19.9. The van der Waals surface area contributed by atoms with E-state index in [4.69, 9.17) is 12.2 Å². The largest absolute Gasteiger partial charge is 0.350 e. The second kappa shape index (κ2) is 9.41. The first-order chi connectivity index (χ1) is 13.6. The van der Waals surface area contributed by atoms with Crippen LogP contribution in [0.5, 0.6) is 0 Å². The topological polar surface area (TPSA) is 79.8 Å². The fraction of sp³-hybridized carbons (Fsp3) is 0.333. The Bertz CT molecular complexity index is 1060. The SMILES string of the molecule is CC(NC(=O)CCCCCn1c(=S)[nH]c2ccccc2c1=O)c1ccncc1. The highest BCUT2D eigenvalue weighted by Gasteiger charge is 2.09. The van der Waals surface area contributed by atoms with E-state index in [1.807, 2.05) is 37.3 Å². The molecule has 2 aromatic heterocycles. The van der Waals surface area contributed by atoms with Crippen molar-refractivity contribution >= 4 is 29.0 Å². The molecule has 0 aliphatic heterocycles. The second-order valence-corrected chi connectivity index (χ2v) is 7.20. The van der Waals surface area contributed by atoms with Crippen molar-refractivity contribution in [2.45, 2.75) is 45.2 Å². The van der Waals surface area contributed by atoms with E-state index in [2.05, 4.69) is 15.3 Å². The van der Waals surface area contributed by atoms with Crippen LogP contribution in [0.3, 0.4) is 0 Å². The molecule has 0 saturated carbocycles. The molecular weight excluding hydrogens is 372 g/mol. The maximum atomic E-state index is 12.6. The predicted molar refractivity (Wildman–Crippen MR) is 113 cm³/mol. The normalized spacial score (nSPS) is 12.0. The van der Waals surface area contributed by atoms with Crippen LogP contribution in [0.15, 0.2) is 53.6 Å². The van der Waals surface area contributed by atoms with Gasteiger partial charge in [0.05, 0.1) is 16.9 Å². The van der Waals surface area contributed by atoms with Crippen molar-refractivity contribution in [3.63, 3.8) is 0 Å². The molecule has 2 N–H and O–H groups in total. The van der Waals surface area contributed by atoms with Gasteiger partial charge < -0.3 is 10.3 Å². The van der Waals surface area contributed by atoms with E-state index in [0.29, 0.717) is 23.1 Å². The number of nitrogens with one attached hydrogen (secondary N) is 2. The molecule has 0 radical (unpaired) electrons. The summed E-state index contributed by atoms with van der Waals surface area (Å²) in [7, 11) is 0. The van der Waals surface area contributed by atoms with Gasteiger partial charge in [0.25, 0.3) is 5.56 Å². The van der Waals surface area contributed by atoms with Crippen molar-refractivity contribution in [2.24, 2.45) is 0 Å². The van der Waals surface area contributed by atoms with E-state index in [9.17, 15) is 9.59 Å². The van der Waals surface area contributed by atoms with Gasteiger partial charge in [-0.2, -0.15) is 0 Å². The van der Waals surface area contributed by atoms with Crippen LogP contribution >= 0.6 is 12.2 Å². The minimum absolute atomic E-state index is 0.0319. The van der Waals surface area contributed by atoms with E-state index in [1.165, 1.54) is 0 Å². The van der Waals surface area contributed by atoms with Crippen molar-refractivity contribution in [1.82, 2.24) is 19.9 Å². The number of H-pyrrole nitrogens is 1. The van der Waals surface area contributed by atoms with Crippen molar-refractivity contribution < 1.29 is 4.79 Å². The highest BCUT2D eigenvalue weighted by atomic mass is 32.1. The molecule has 1 amide bonds. The molecule has 3 rings (SSSR count). The minimum Gasteiger partial charge on any atom is -0.350 e. The van der Waals surface area contributed by atoms with Crippen molar-refractivity contribution in [1.29, 1.82) is 0 Å². The Labute approximate surface area is 168 Å². The molecule has 1 atom stereocenters. The van der Waals surface area contributed by atoms with Gasteiger partial charge in [0.1, 0.15) is 0 Å². The number of fused-ring (bicyclic) bond motifs is 1. The van der Waals surface area contributed by atoms with Gasteiger partial charge in [-0.15, -0.1) is 0 Å². The van der Waals surface area contributed by atoms with Gasteiger partial charge in [-0.1, -0.05) is 18.6 Å². The molecule has 1 unspecified atom stereocenters. The van der Waals surface area contributed by atoms with Gasteiger partial charge in [-0.25, -0.2) is 0 Å². The zero-order chi connectivity index (χ0) is 19.9. The van der Waals surface area contributed by atoms with Gasteiger partial charge >= 0.3 is 0 Å². The molecule has 0 spiro atoms. The highest BCUT2D eigenvalue weighted by Crippen LogP contribution is 2.11. The molecular formula is C21H24N4O2S. The Kier molecular flexibility index (Phi) is 6.71. The summed E-state index contributed by atoms with van der Waals surface area (Å²) >= 11 is 5.32. The number of hydrogen-bond acceptors (Lipinski definition) is 4. The molecule has 6 nitrogen and oxygen atoms in total. The molecule has 0 aliphatic rings. The van der Waals surface area contributed by atoms with Crippen LogP contribution in [0.4, 0.5) is 0 Å². The summed E-state index contributed by atoms with van der Waals surface area (Å²) in [4.78, 5) is 31.8. The Morgan fingerprint density at radius 1 is 1.18 bits per heavy atom. The first-order valence-corrected chi connectivity index (χ1v) is 9.88. The van der Waals surface area contributed by atoms with E-state index in [0.717, 1.165) is 30.3 Å². The number of aromatic nitrogens is 3. The zero-order valence-corrected chi connectivity index (χ0v) is 16.7. The molecule has 0 bridgehead atoms.